The highest BCUT2D eigenvalue weighted by Crippen LogP contribution is 2.24. The molecule has 2 rings (SSSR count). The Morgan fingerprint density at radius 1 is 1.25 bits per heavy atom. The van der Waals surface area contributed by atoms with Gasteiger partial charge in [0, 0.05) is 12.1 Å². The van der Waals surface area contributed by atoms with Crippen LogP contribution >= 0.6 is 0 Å². The minimum Gasteiger partial charge on any atom is -0.339 e. The van der Waals surface area contributed by atoms with Gasteiger partial charge in [0.1, 0.15) is 0 Å². The van der Waals surface area contributed by atoms with Crippen LogP contribution in [0.3, 0.4) is 0 Å². The molecule has 2 aromatic rings. The molecule has 1 aromatic heterocycles. The molecular weight excluding hydrogens is 264 g/mol. The standard InChI is InChI=1S/C14H17F2N3O/c1-8(2)5-10(7-17)14-18-13(19-20-14)9-3-4-11(15)12(16)6-9/h3-4,6,8,10H,5,7,17H2,1-2H3. The molecule has 1 aromatic carbocycles. The fourth-order valence-corrected chi connectivity index (χ4v) is 2.02. The number of aromatic nitrogens is 2. The molecule has 0 fully saturated rings. The molecule has 0 spiro atoms. The molecule has 1 unspecified atom stereocenters. The molecule has 0 aliphatic carbocycles. The predicted octanol–water partition coefficient (Wildman–Crippen LogP) is 3.10. The molecule has 0 saturated heterocycles. The molecule has 1 atom stereocenters. The smallest absolute Gasteiger partial charge is 0.231 e. The number of hydrogen-bond acceptors (Lipinski definition) is 4. The van der Waals surface area contributed by atoms with E-state index in [2.05, 4.69) is 24.0 Å². The quantitative estimate of drug-likeness (QED) is 0.914. The average molecular weight is 281 g/mol. The molecule has 0 radical (unpaired) electrons. The van der Waals surface area contributed by atoms with Crippen LogP contribution in [0.15, 0.2) is 22.7 Å². The van der Waals surface area contributed by atoms with E-state index in [-0.39, 0.29) is 11.7 Å². The van der Waals surface area contributed by atoms with Crippen LogP contribution in [0, 0.1) is 17.6 Å². The van der Waals surface area contributed by atoms with Crippen molar-refractivity contribution < 1.29 is 13.3 Å². The lowest BCUT2D eigenvalue weighted by Crippen LogP contribution is -2.15. The van der Waals surface area contributed by atoms with Crippen LogP contribution in [-0.2, 0) is 0 Å². The summed E-state index contributed by atoms with van der Waals surface area (Å²) in [5.41, 5.74) is 6.08. The van der Waals surface area contributed by atoms with Crippen molar-refractivity contribution in [1.82, 2.24) is 10.1 Å². The first-order chi connectivity index (χ1) is 9.51. The van der Waals surface area contributed by atoms with Crippen molar-refractivity contribution in [3.05, 3.63) is 35.7 Å². The highest BCUT2D eigenvalue weighted by Gasteiger charge is 2.20. The van der Waals surface area contributed by atoms with E-state index in [4.69, 9.17) is 10.3 Å². The summed E-state index contributed by atoms with van der Waals surface area (Å²) in [5, 5.41) is 3.80. The van der Waals surface area contributed by atoms with Gasteiger partial charge in [-0.2, -0.15) is 4.98 Å². The molecule has 20 heavy (non-hydrogen) atoms. The summed E-state index contributed by atoms with van der Waals surface area (Å²) in [4.78, 5) is 4.23. The molecule has 108 valence electrons. The number of rotatable bonds is 5. The fraction of sp³-hybridized carbons (Fsp3) is 0.429. The Morgan fingerprint density at radius 2 is 2.00 bits per heavy atom. The normalized spacial score (nSPS) is 12.9. The summed E-state index contributed by atoms with van der Waals surface area (Å²) in [6.45, 7) is 4.56. The van der Waals surface area contributed by atoms with Gasteiger partial charge in [0.25, 0.3) is 0 Å². The third-order valence-electron chi connectivity index (χ3n) is 3.01. The summed E-state index contributed by atoms with van der Waals surface area (Å²) < 4.78 is 31.3. The number of benzene rings is 1. The van der Waals surface area contributed by atoms with Crippen LogP contribution in [0.25, 0.3) is 11.4 Å². The van der Waals surface area contributed by atoms with Gasteiger partial charge in [-0.25, -0.2) is 8.78 Å². The lowest BCUT2D eigenvalue weighted by atomic mass is 9.97. The maximum atomic E-state index is 13.2. The Labute approximate surface area is 116 Å². The van der Waals surface area contributed by atoms with Crippen LogP contribution in [0.4, 0.5) is 8.78 Å². The van der Waals surface area contributed by atoms with Gasteiger partial charge in [-0.15, -0.1) is 0 Å². The number of nitrogens with two attached hydrogens (primary N) is 1. The highest BCUT2D eigenvalue weighted by atomic mass is 19.2. The van der Waals surface area contributed by atoms with E-state index >= 15 is 0 Å². The molecular formula is C14H17F2N3O. The van der Waals surface area contributed by atoms with E-state index in [0.29, 0.717) is 23.9 Å². The fourth-order valence-electron chi connectivity index (χ4n) is 2.02. The summed E-state index contributed by atoms with van der Waals surface area (Å²) >= 11 is 0. The largest absolute Gasteiger partial charge is 0.339 e. The van der Waals surface area contributed by atoms with E-state index in [9.17, 15) is 8.78 Å². The first kappa shape index (κ1) is 14.6. The van der Waals surface area contributed by atoms with Gasteiger partial charge in [0.15, 0.2) is 11.6 Å². The summed E-state index contributed by atoms with van der Waals surface area (Å²) in [5.74, 6) is -0.755. The first-order valence-corrected chi connectivity index (χ1v) is 6.50. The van der Waals surface area contributed by atoms with Gasteiger partial charge < -0.3 is 10.3 Å². The van der Waals surface area contributed by atoms with Gasteiger partial charge >= 0.3 is 0 Å². The topological polar surface area (TPSA) is 64.9 Å². The Kier molecular flexibility index (Phi) is 4.44. The van der Waals surface area contributed by atoms with E-state index < -0.39 is 11.6 Å². The Balaban J connectivity index is 2.25. The van der Waals surface area contributed by atoms with Crippen molar-refractivity contribution in [2.24, 2.45) is 11.7 Å². The van der Waals surface area contributed by atoms with Crippen LogP contribution in [0.2, 0.25) is 0 Å². The molecule has 0 amide bonds. The van der Waals surface area contributed by atoms with Crippen molar-refractivity contribution in [2.75, 3.05) is 6.54 Å². The molecule has 0 saturated carbocycles. The second-order valence-corrected chi connectivity index (χ2v) is 5.15. The molecule has 2 N–H and O–H groups in total. The van der Waals surface area contributed by atoms with E-state index in [1.165, 1.54) is 6.07 Å². The monoisotopic (exact) mass is 281 g/mol. The maximum Gasteiger partial charge on any atom is 0.231 e. The van der Waals surface area contributed by atoms with Gasteiger partial charge in [-0.3, -0.25) is 0 Å². The Morgan fingerprint density at radius 3 is 2.60 bits per heavy atom. The van der Waals surface area contributed by atoms with Gasteiger partial charge in [0.05, 0.1) is 5.92 Å². The van der Waals surface area contributed by atoms with Gasteiger partial charge in [0.2, 0.25) is 11.7 Å². The Bertz CT molecular complexity index is 584. The zero-order chi connectivity index (χ0) is 14.7. The molecule has 0 aliphatic rings. The maximum absolute atomic E-state index is 13.2. The average Bonchev–Trinajstić information content (AvgIpc) is 2.88. The lowest BCUT2D eigenvalue weighted by Gasteiger charge is -2.11. The number of halogens is 2. The zero-order valence-corrected chi connectivity index (χ0v) is 11.4. The minimum absolute atomic E-state index is 0.0263. The van der Waals surface area contributed by atoms with Crippen LogP contribution in [0.5, 0.6) is 0 Å². The minimum atomic E-state index is -0.939. The summed E-state index contributed by atoms with van der Waals surface area (Å²) in [6, 6.07) is 3.49. The Hall–Kier alpha value is -1.82. The lowest BCUT2D eigenvalue weighted by molar-refractivity contribution is 0.335. The third-order valence-corrected chi connectivity index (χ3v) is 3.01. The van der Waals surface area contributed by atoms with Gasteiger partial charge in [-0.1, -0.05) is 19.0 Å². The highest BCUT2D eigenvalue weighted by molar-refractivity contribution is 5.54. The van der Waals surface area contributed by atoms with E-state index in [1.54, 1.807) is 0 Å². The zero-order valence-electron chi connectivity index (χ0n) is 11.4. The molecule has 1 heterocycles. The van der Waals surface area contributed by atoms with Crippen LogP contribution < -0.4 is 5.73 Å². The van der Waals surface area contributed by atoms with Crippen molar-refractivity contribution >= 4 is 0 Å². The van der Waals surface area contributed by atoms with Gasteiger partial charge in [-0.05, 0) is 30.5 Å². The van der Waals surface area contributed by atoms with Crippen molar-refractivity contribution in [2.45, 2.75) is 26.2 Å². The van der Waals surface area contributed by atoms with Crippen molar-refractivity contribution in [3.63, 3.8) is 0 Å². The number of nitrogens with zero attached hydrogens (tertiary/aromatic N) is 2. The molecule has 0 bridgehead atoms. The van der Waals surface area contributed by atoms with Crippen LogP contribution in [0.1, 0.15) is 32.1 Å². The second kappa shape index (κ2) is 6.09. The summed E-state index contributed by atoms with van der Waals surface area (Å²) in [6.07, 6.45) is 0.829. The predicted molar refractivity (Wildman–Crippen MR) is 70.9 cm³/mol. The molecule has 0 aliphatic heterocycles. The molecule has 6 heteroatoms. The molecule has 4 nitrogen and oxygen atoms in total. The SMILES string of the molecule is CC(C)CC(CN)c1nc(-c2ccc(F)c(F)c2)no1. The van der Waals surface area contributed by atoms with Crippen molar-refractivity contribution in [3.8, 4) is 11.4 Å². The number of hydrogen-bond donors (Lipinski definition) is 1. The van der Waals surface area contributed by atoms with Crippen LogP contribution in [-0.4, -0.2) is 16.7 Å². The second-order valence-electron chi connectivity index (χ2n) is 5.15. The van der Waals surface area contributed by atoms with E-state index in [1.807, 2.05) is 0 Å². The third kappa shape index (κ3) is 3.19. The van der Waals surface area contributed by atoms with E-state index in [0.717, 1.165) is 18.6 Å². The summed E-state index contributed by atoms with van der Waals surface area (Å²) in [7, 11) is 0. The first-order valence-electron chi connectivity index (χ1n) is 6.50. The van der Waals surface area contributed by atoms with Crippen molar-refractivity contribution in [1.29, 1.82) is 0 Å².